The molecule has 0 saturated carbocycles. The lowest BCUT2D eigenvalue weighted by Crippen LogP contribution is -2.39. The first-order valence-corrected chi connectivity index (χ1v) is 9.92. The molecule has 162 valence electrons. The van der Waals surface area contributed by atoms with Crippen LogP contribution >= 0.6 is 0 Å². The lowest BCUT2D eigenvalue weighted by molar-refractivity contribution is -0.138. The summed E-state index contributed by atoms with van der Waals surface area (Å²) in [6.45, 7) is 0.0556. The van der Waals surface area contributed by atoms with Gasteiger partial charge in [-0.25, -0.2) is 0 Å². The van der Waals surface area contributed by atoms with Crippen molar-refractivity contribution in [2.75, 3.05) is 11.9 Å². The van der Waals surface area contributed by atoms with Crippen molar-refractivity contribution in [3.8, 4) is 22.9 Å². The minimum Gasteiger partial charge on any atom is -0.488 e. The number of carbonyl (C=O) groups is 1. The summed E-state index contributed by atoms with van der Waals surface area (Å²) in [5, 5.41) is 12.1. The predicted molar refractivity (Wildman–Crippen MR) is 112 cm³/mol. The first-order chi connectivity index (χ1) is 15.4. The Kier molecular flexibility index (Phi) is 5.82. The molecule has 0 aliphatic carbocycles. The van der Waals surface area contributed by atoms with E-state index in [1.54, 1.807) is 36.7 Å². The van der Waals surface area contributed by atoms with E-state index in [-0.39, 0.29) is 30.8 Å². The Balaban J connectivity index is 1.47. The number of nitrogens with one attached hydrogen (secondary N) is 1. The minimum atomic E-state index is -4.46. The molecule has 0 spiro atoms. The molecular weight excluding hydrogens is 419 g/mol. The highest BCUT2D eigenvalue weighted by atomic mass is 19.4. The van der Waals surface area contributed by atoms with E-state index in [1.807, 2.05) is 0 Å². The van der Waals surface area contributed by atoms with Gasteiger partial charge in [0.2, 0.25) is 0 Å². The van der Waals surface area contributed by atoms with E-state index in [2.05, 4.69) is 16.4 Å². The van der Waals surface area contributed by atoms with Crippen LogP contribution in [0.3, 0.4) is 0 Å². The van der Waals surface area contributed by atoms with Crippen LogP contribution in [0.15, 0.2) is 60.9 Å². The number of fused-ring (bicyclic) bond motifs is 1. The van der Waals surface area contributed by atoms with Crippen molar-refractivity contribution in [1.29, 1.82) is 5.26 Å². The number of benzene rings is 2. The molecule has 2 heterocycles. The second-order valence-corrected chi connectivity index (χ2v) is 7.38. The second kappa shape index (κ2) is 8.71. The highest BCUT2D eigenvalue weighted by molar-refractivity contribution is 5.89. The van der Waals surface area contributed by atoms with Gasteiger partial charge in [0.15, 0.2) is 11.5 Å². The molecule has 0 amide bonds. The van der Waals surface area contributed by atoms with Crippen LogP contribution in [0.2, 0.25) is 0 Å². The van der Waals surface area contributed by atoms with Crippen LogP contribution in [-0.2, 0) is 17.4 Å². The van der Waals surface area contributed by atoms with Crippen molar-refractivity contribution in [3.05, 3.63) is 77.6 Å². The van der Waals surface area contributed by atoms with E-state index in [1.165, 1.54) is 18.2 Å². The quantitative estimate of drug-likeness (QED) is 0.607. The summed E-state index contributed by atoms with van der Waals surface area (Å²) in [6, 6.07) is 13.6. The van der Waals surface area contributed by atoms with Crippen molar-refractivity contribution >= 4 is 11.5 Å². The van der Waals surface area contributed by atoms with Crippen LogP contribution in [0.4, 0.5) is 18.9 Å². The van der Waals surface area contributed by atoms with Gasteiger partial charge < -0.3 is 10.1 Å². The number of alkyl halides is 3. The number of nitrogens with zero attached hydrogens (tertiary/aromatic N) is 2. The second-order valence-electron chi connectivity index (χ2n) is 7.38. The molecule has 4 rings (SSSR count). The van der Waals surface area contributed by atoms with Crippen molar-refractivity contribution in [1.82, 2.24) is 4.98 Å². The SMILES string of the molecule is N#Cc1ccc(-c2cncc3c2OCC(C(=O)CCc2ccccc2C(F)(F)F)N3)cc1. The standard InChI is InChI=1S/C24H18F3N3O2/c25-24(26,27)19-4-2-1-3-17(19)9-10-22(31)21-14-32-23-18(12-29-13-20(23)30-21)16-7-5-15(11-28)6-8-16/h1-8,12-13,21,30H,9-10,14H2. The maximum absolute atomic E-state index is 13.2. The summed E-state index contributed by atoms with van der Waals surface area (Å²) >= 11 is 0. The van der Waals surface area contributed by atoms with Crippen LogP contribution in [0.25, 0.3) is 11.1 Å². The largest absolute Gasteiger partial charge is 0.488 e. The van der Waals surface area contributed by atoms with E-state index in [9.17, 15) is 18.0 Å². The fraction of sp³-hybridized carbons (Fsp3) is 0.208. The first-order valence-electron chi connectivity index (χ1n) is 9.92. The average molecular weight is 437 g/mol. The van der Waals surface area contributed by atoms with E-state index in [0.29, 0.717) is 22.6 Å². The lowest BCUT2D eigenvalue weighted by Gasteiger charge is -2.28. The van der Waals surface area contributed by atoms with E-state index in [0.717, 1.165) is 11.6 Å². The molecule has 1 N–H and O–H groups in total. The molecule has 0 radical (unpaired) electrons. The molecule has 0 bridgehead atoms. The Bertz CT molecular complexity index is 1180. The van der Waals surface area contributed by atoms with Crippen LogP contribution in [0.5, 0.6) is 5.75 Å². The number of aromatic nitrogens is 1. The number of Topliss-reactive ketones (excluding diaryl/α,β-unsaturated/α-hetero) is 1. The fourth-order valence-electron chi connectivity index (χ4n) is 3.65. The van der Waals surface area contributed by atoms with Crippen molar-refractivity contribution < 1.29 is 22.7 Å². The van der Waals surface area contributed by atoms with Gasteiger partial charge in [-0.1, -0.05) is 30.3 Å². The van der Waals surface area contributed by atoms with Crippen LogP contribution < -0.4 is 10.1 Å². The summed E-state index contributed by atoms with van der Waals surface area (Å²) in [7, 11) is 0. The number of aryl methyl sites for hydroxylation is 1. The molecule has 1 atom stereocenters. The Hall–Kier alpha value is -3.86. The first kappa shape index (κ1) is 21.4. The van der Waals surface area contributed by atoms with Gasteiger partial charge in [0.05, 0.1) is 29.1 Å². The molecule has 0 fully saturated rings. The minimum absolute atomic E-state index is 0.0108. The van der Waals surface area contributed by atoms with Crippen molar-refractivity contribution in [3.63, 3.8) is 0 Å². The number of hydrogen-bond donors (Lipinski definition) is 1. The fourth-order valence-corrected chi connectivity index (χ4v) is 3.65. The smallest absolute Gasteiger partial charge is 0.416 e. The predicted octanol–water partition coefficient (Wildman–Crippen LogP) is 5.01. The topological polar surface area (TPSA) is 75.0 Å². The normalized spacial score (nSPS) is 15.1. The van der Waals surface area contributed by atoms with Crippen LogP contribution in [-0.4, -0.2) is 23.4 Å². The van der Waals surface area contributed by atoms with Gasteiger partial charge in [-0.15, -0.1) is 0 Å². The van der Waals surface area contributed by atoms with E-state index < -0.39 is 17.8 Å². The number of anilines is 1. The third kappa shape index (κ3) is 4.42. The number of nitriles is 1. The molecule has 8 heteroatoms. The summed E-state index contributed by atoms with van der Waals surface area (Å²) in [5.41, 5.74) is 1.96. The molecule has 2 aromatic carbocycles. The molecule has 1 unspecified atom stereocenters. The summed E-state index contributed by atoms with van der Waals surface area (Å²) in [5.74, 6) is 0.299. The number of hydrogen-bond acceptors (Lipinski definition) is 5. The monoisotopic (exact) mass is 437 g/mol. The van der Waals surface area contributed by atoms with Gasteiger partial charge in [-0.3, -0.25) is 9.78 Å². The number of pyridine rings is 1. The van der Waals surface area contributed by atoms with E-state index in [4.69, 9.17) is 10.00 Å². The van der Waals surface area contributed by atoms with Crippen LogP contribution in [0, 0.1) is 11.3 Å². The molecule has 1 aromatic heterocycles. The molecule has 0 saturated heterocycles. The Morgan fingerprint density at radius 3 is 2.62 bits per heavy atom. The Morgan fingerprint density at radius 1 is 1.16 bits per heavy atom. The number of rotatable bonds is 5. The molecule has 32 heavy (non-hydrogen) atoms. The average Bonchev–Trinajstić information content (AvgIpc) is 2.81. The maximum atomic E-state index is 13.2. The van der Waals surface area contributed by atoms with E-state index >= 15 is 0 Å². The molecule has 1 aliphatic rings. The van der Waals surface area contributed by atoms with Gasteiger partial charge in [0.25, 0.3) is 0 Å². The lowest BCUT2D eigenvalue weighted by atomic mass is 9.98. The Labute approximate surface area is 182 Å². The third-order valence-electron chi connectivity index (χ3n) is 5.30. The van der Waals surface area contributed by atoms with Gasteiger partial charge in [0.1, 0.15) is 12.6 Å². The zero-order valence-corrected chi connectivity index (χ0v) is 16.8. The molecule has 1 aliphatic heterocycles. The highest BCUT2D eigenvalue weighted by Crippen LogP contribution is 2.38. The Morgan fingerprint density at radius 2 is 1.91 bits per heavy atom. The van der Waals surface area contributed by atoms with Crippen molar-refractivity contribution in [2.24, 2.45) is 0 Å². The number of ether oxygens (including phenoxy) is 1. The van der Waals surface area contributed by atoms with Gasteiger partial charge in [-0.05, 0) is 35.7 Å². The summed E-state index contributed by atoms with van der Waals surface area (Å²) < 4.78 is 45.4. The zero-order chi connectivity index (χ0) is 22.7. The zero-order valence-electron chi connectivity index (χ0n) is 16.8. The number of halogens is 3. The number of carbonyl (C=O) groups excluding carboxylic acids is 1. The molecular formula is C24H18F3N3O2. The summed E-state index contributed by atoms with van der Waals surface area (Å²) in [6.07, 6.45) is -1.34. The molecule has 5 nitrogen and oxygen atoms in total. The maximum Gasteiger partial charge on any atom is 0.416 e. The summed E-state index contributed by atoms with van der Waals surface area (Å²) in [4.78, 5) is 16.9. The number of ketones is 1. The molecule has 3 aromatic rings. The highest BCUT2D eigenvalue weighted by Gasteiger charge is 2.33. The third-order valence-corrected chi connectivity index (χ3v) is 5.30. The van der Waals surface area contributed by atoms with Gasteiger partial charge in [0, 0.05) is 18.2 Å². The van der Waals surface area contributed by atoms with Crippen molar-refractivity contribution in [2.45, 2.75) is 25.1 Å². The van der Waals surface area contributed by atoms with Crippen LogP contribution in [0.1, 0.15) is 23.1 Å². The van der Waals surface area contributed by atoms with Gasteiger partial charge >= 0.3 is 6.18 Å². The van der Waals surface area contributed by atoms with Gasteiger partial charge in [-0.2, -0.15) is 18.4 Å².